The van der Waals surface area contributed by atoms with Crippen LogP contribution in [0, 0.1) is 0 Å². The lowest BCUT2D eigenvalue weighted by Gasteiger charge is -2.14. The summed E-state index contributed by atoms with van der Waals surface area (Å²) in [5.41, 5.74) is 0. The maximum atomic E-state index is 12.4. The molecule has 0 saturated heterocycles. The van der Waals surface area contributed by atoms with E-state index in [2.05, 4.69) is 9.47 Å². The lowest BCUT2D eigenvalue weighted by molar-refractivity contribution is 0.169. The van der Waals surface area contributed by atoms with Gasteiger partial charge in [-0.25, -0.2) is 0 Å². The summed E-state index contributed by atoms with van der Waals surface area (Å²) < 4.78 is 33.7. The average Bonchev–Trinajstić information content (AvgIpc) is 2.07. The van der Waals surface area contributed by atoms with Crippen LogP contribution in [0.2, 0.25) is 0 Å². The number of rotatable bonds is 0. The molecular weight excluding hydrogens is 166 g/mol. The van der Waals surface area contributed by atoms with E-state index in [1.807, 2.05) is 0 Å². The van der Waals surface area contributed by atoms with Gasteiger partial charge in [-0.05, 0) is 12.1 Å². The average molecular weight is 170 g/mol. The van der Waals surface area contributed by atoms with Crippen molar-refractivity contribution in [1.82, 2.24) is 0 Å². The van der Waals surface area contributed by atoms with Gasteiger partial charge in [0.15, 0.2) is 11.5 Å². The van der Waals surface area contributed by atoms with E-state index in [9.17, 15) is 8.78 Å². The van der Waals surface area contributed by atoms with Gasteiger partial charge in [-0.15, -0.1) is 0 Å². The third-order valence-electron chi connectivity index (χ3n) is 1.40. The highest BCUT2D eigenvalue weighted by atomic mass is 19.2. The minimum atomic E-state index is -1.34. The molecule has 0 unspecified atom stereocenters. The van der Waals surface area contributed by atoms with Crippen LogP contribution in [0.25, 0.3) is 0 Å². The molecular formula is C8H4F2O2. The van der Waals surface area contributed by atoms with Crippen LogP contribution in [0.15, 0.2) is 36.3 Å². The molecule has 4 heteroatoms. The Balaban J connectivity index is 2.43. The van der Waals surface area contributed by atoms with E-state index >= 15 is 0 Å². The maximum Gasteiger partial charge on any atom is 0.352 e. The van der Waals surface area contributed by atoms with Crippen molar-refractivity contribution in [1.29, 1.82) is 0 Å². The second kappa shape index (κ2) is 2.48. The van der Waals surface area contributed by atoms with Crippen molar-refractivity contribution < 1.29 is 18.3 Å². The van der Waals surface area contributed by atoms with Crippen LogP contribution in [-0.2, 0) is 0 Å². The van der Waals surface area contributed by atoms with E-state index in [0.717, 1.165) is 0 Å². The first kappa shape index (κ1) is 7.09. The molecule has 0 N–H and O–H groups in total. The van der Waals surface area contributed by atoms with E-state index in [1.54, 1.807) is 12.1 Å². The lowest BCUT2D eigenvalue weighted by Crippen LogP contribution is -2.05. The fourth-order valence-electron chi connectivity index (χ4n) is 0.892. The number of halogens is 2. The molecule has 2 rings (SSSR count). The van der Waals surface area contributed by atoms with E-state index in [0.29, 0.717) is 0 Å². The Hall–Kier alpha value is -1.58. The van der Waals surface area contributed by atoms with Crippen molar-refractivity contribution in [2.24, 2.45) is 0 Å². The Bertz CT molecular complexity index is 314. The number of para-hydroxylation sites is 2. The summed E-state index contributed by atoms with van der Waals surface area (Å²) in [5, 5.41) is 0. The van der Waals surface area contributed by atoms with Gasteiger partial charge in [0.05, 0.1) is 0 Å². The predicted molar refractivity (Wildman–Crippen MR) is 36.9 cm³/mol. The lowest BCUT2D eigenvalue weighted by atomic mass is 10.3. The minimum Gasteiger partial charge on any atom is -0.423 e. The maximum absolute atomic E-state index is 12.4. The van der Waals surface area contributed by atoms with E-state index in [4.69, 9.17) is 0 Å². The van der Waals surface area contributed by atoms with Gasteiger partial charge in [-0.1, -0.05) is 12.1 Å². The summed E-state index contributed by atoms with van der Waals surface area (Å²) in [5.74, 6) is 0.354. The molecule has 12 heavy (non-hydrogen) atoms. The molecule has 0 bridgehead atoms. The van der Waals surface area contributed by atoms with Crippen molar-refractivity contribution in [2.75, 3.05) is 0 Å². The molecule has 1 aliphatic rings. The summed E-state index contributed by atoms with van der Waals surface area (Å²) >= 11 is 0. The highest BCUT2D eigenvalue weighted by molar-refractivity contribution is 5.42. The second-order valence-corrected chi connectivity index (χ2v) is 2.20. The quantitative estimate of drug-likeness (QED) is 0.595. The third-order valence-corrected chi connectivity index (χ3v) is 1.40. The van der Waals surface area contributed by atoms with Gasteiger partial charge in [0.25, 0.3) is 0 Å². The number of benzene rings is 1. The molecule has 1 aromatic rings. The van der Waals surface area contributed by atoms with Crippen molar-refractivity contribution in [3.05, 3.63) is 36.3 Å². The third kappa shape index (κ3) is 1.01. The van der Waals surface area contributed by atoms with Crippen LogP contribution in [0.3, 0.4) is 0 Å². The smallest absolute Gasteiger partial charge is 0.352 e. The van der Waals surface area contributed by atoms with Gasteiger partial charge in [0, 0.05) is 0 Å². The molecule has 0 atom stereocenters. The zero-order valence-corrected chi connectivity index (χ0v) is 5.88. The van der Waals surface area contributed by atoms with Crippen molar-refractivity contribution in [3.63, 3.8) is 0 Å². The van der Waals surface area contributed by atoms with Crippen LogP contribution >= 0.6 is 0 Å². The fraction of sp³-hybridized carbons (Fsp3) is 0. The molecule has 1 aromatic carbocycles. The highest BCUT2D eigenvalue weighted by Crippen LogP contribution is 2.35. The van der Waals surface area contributed by atoms with E-state index in [-0.39, 0.29) is 11.5 Å². The number of hydrogen-bond donors (Lipinski definition) is 0. The van der Waals surface area contributed by atoms with Gasteiger partial charge in [-0.3, -0.25) is 0 Å². The Kier molecular flexibility index (Phi) is 1.46. The van der Waals surface area contributed by atoms with Crippen molar-refractivity contribution in [2.45, 2.75) is 0 Å². The van der Waals surface area contributed by atoms with Crippen LogP contribution in [0.1, 0.15) is 0 Å². The zero-order chi connectivity index (χ0) is 8.55. The molecule has 0 amide bonds. The summed E-state index contributed by atoms with van der Waals surface area (Å²) in [6.45, 7) is 0. The standard InChI is InChI=1S/C8H4F2O2/c9-7-8(10)12-6-4-2-1-3-5(6)11-7/h1-4H. The molecule has 0 spiro atoms. The Morgan fingerprint density at radius 1 is 0.833 bits per heavy atom. The fourth-order valence-corrected chi connectivity index (χ4v) is 0.892. The van der Waals surface area contributed by atoms with Crippen molar-refractivity contribution in [3.8, 4) is 11.5 Å². The normalized spacial score (nSPS) is 14.8. The summed E-state index contributed by atoms with van der Waals surface area (Å²) in [4.78, 5) is 0. The monoisotopic (exact) mass is 170 g/mol. The van der Waals surface area contributed by atoms with Crippen LogP contribution in [0.5, 0.6) is 11.5 Å². The van der Waals surface area contributed by atoms with Crippen LogP contribution < -0.4 is 9.47 Å². The molecule has 62 valence electrons. The molecule has 0 radical (unpaired) electrons. The van der Waals surface area contributed by atoms with Gasteiger partial charge in [0.1, 0.15) is 0 Å². The van der Waals surface area contributed by atoms with Gasteiger partial charge < -0.3 is 9.47 Å². The minimum absolute atomic E-state index is 0.177. The first-order valence-corrected chi connectivity index (χ1v) is 3.27. The topological polar surface area (TPSA) is 18.5 Å². The van der Waals surface area contributed by atoms with Gasteiger partial charge >= 0.3 is 12.0 Å². The SMILES string of the molecule is FC1=C(F)Oc2ccccc2O1. The summed E-state index contributed by atoms with van der Waals surface area (Å²) in [7, 11) is 0. The first-order chi connectivity index (χ1) is 5.77. The zero-order valence-electron chi connectivity index (χ0n) is 5.88. The molecule has 0 fully saturated rings. The Labute approximate surface area is 67.0 Å². The largest absolute Gasteiger partial charge is 0.423 e. The van der Waals surface area contributed by atoms with E-state index < -0.39 is 12.0 Å². The summed E-state index contributed by atoms with van der Waals surface area (Å²) in [6.07, 6.45) is 0. The molecule has 1 aliphatic heterocycles. The Morgan fingerprint density at radius 3 is 1.67 bits per heavy atom. The molecule has 0 saturated carbocycles. The van der Waals surface area contributed by atoms with Crippen LogP contribution in [-0.4, -0.2) is 0 Å². The summed E-state index contributed by atoms with van der Waals surface area (Å²) in [6, 6.07) is 3.57. The number of fused-ring (bicyclic) bond motifs is 1. The van der Waals surface area contributed by atoms with E-state index in [1.165, 1.54) is 12.1 Å². The van der Waals surface area contributed by atoms with Crippen LogP contribution in [0.4, 0.5) is 8.78 Å². The number of ether oxygens (including phenoxy) is 2. The van der Waals surface area contributed by atoms with Gasteiger partial charge in [-0.2, -0.15) is 8.78 Å². The predicted octanol–water partition coefficient (Wildman–Crippen LogP) is 2.52. The molecule has 2 nitrogen and oxygen atoms in total. The number of hydrogen-bond acceptors (Lipinski definition) is 2. The Morgan fingerprint density at radius 2 is 1.25 bits per heavy atom. The molecule has 1 heterocycles. The molecule has 0 aliphatic carbocycles. The molecule has 0 aromatic heterocycles. The second-order valence-electron chi connectivity index (χ2n) is 2.20. The first-order valence-electron chi connectivity index (χ1n) is 3.27. The van der Waals surface area contributed by atoms with Crippen molar-refractivity contribution >= 4 is 0 Å². The highest BCUT2D eigenvalue weighted by Gasteiger charge is 2.20. The van der Waals surface area contributed by atoms with Gasteiger partial charge in [0.2, 0.25) is 0 Å².